The number of carbonyl (C=O) groups is 2. The highest BCUT2D eigenvalue weighted by Gasteiger charge is 2.13. The number of rotatable bonds is 22. The van der Waals surface area contributed by atoms with Gasteiger partial charge in [0.25, 0.3) is 0 Å². The van der Waals surface area contributed by atoms with Crippen LogP contribution in [0.15, 0.2) is 0 Å². The van der Waals surface area contributed by atoms with Crippen LogP contribution in [0.2, 0.25) is 0 Å². The van der Waals surface area contributed by atoms with Crippen LogP contribution in [0.25, 0.3) is 0 Å². The molecule has 2 N–H and O–H groups in total. The van der Waals surface area contributed by atoms with Crippen LogP contribution in [0.3, 0.4) is 0 Å². The summed E-state index contributed by atoms with van der Waals surface area (Å²) in [6.07, 6.45) is 23.2. The molecule has 0 radical (unpaired) electrons. The summed E-state index contributed by atoms with van der Waals surface area (Å²) in [4.78, 5) is 21.3. The van der Waals surface area contributed by atoms with Crippen LogP contribution in [0.4, 0.5) is 0 Å². The van der Waals surface area contributed by atoms with E-state index in [0.29, 0.717) is 6.42 Å². The molecule has 0 aliphatic rings. The predicted octanol–water partition coefficient (Wildman–Crippen LogP) is 7.59. The molecule has 0 heterocycles. The molecule has 0 aromatic heterocycles. The third-order valence-electron chi connectivity index (χ3n) is 5.79. The van der Waals surface area contributed by atoms with Crippen LogP contribution in [0, 0.1) is 5.92 Å². The highest BCUT2D eigenvalue weighted by Crippen LogP contribution is 2.17. The van der Waals surface area contributed by atoms with Crippen molar-refractivity contribution in [3.05, 3.63) is 0 Å². The van der Waals surface area contributed by atoms with Crippen molar-refractivity contribution in [3.63, 3.8) is 0 Å². The third kappa shape index (κ3) is 19.7. The number of aliphatic carboxylic acids is 2. The normalized spacial score (nSPS) is 12.2. The molecule has 1 atom stereocenters. The van der Waals surface area contributed by atoms with Crippen molar-refractivity contribution in [1.82, 2.24) is 0 Å². The highest BCUT2D eigenvalue weighted by atomic mass is 16.4. The van der Waals surface area contributed by atoms with Crippen molar-refractivity contribution < 1.29 is 19.8 Å². The molecule has 0 aliphatic heterocycles. The molecule has 0 bridgehead atoms. The maximum absolute atomic E-state index is 10.9. The summed E-state index contributed by atoms with van der Waals surface area (Å²) < 4.78 is 0. The van der Waals surface area contributed by atoms with E-state index in [2.05, 4.69) is 0 Å². The fourth-order valence-electron chi connectivity index (χ4n) is 3.82. The zero-order chi connectivity index (χ0) is 20.9. The van der Waals surface area contributed by atoms with Crippen LogP contribution >= 0.6 is 0 Å². The minimum Gasteiger partial charge on any atom is -0.481 e. The Hall–Kier alpha value is -1.06. The minimum absolute atomic E-state index is 0.135. The molecule has 0 spiro atoms. The van der Waals surface area contributed by atoms with Crippen molar-refractivity contribution in [2.75, 3.05) is 0 Å². The summed E-state index contributed by atoms with van der Waals surface area (Å²) >= 11 is 0. The zero-order valence-corrected chi connectivity index (χ0v) is 18.4. The van der Waals surface area contributed by atoms with E-state index in [1.54, 1.807) is 0 Å². The lowest BCUT2D eigenvalue weighted by Crippen LogP contribution is -2.12. The summed E-state index contributed by atoms with van der Waals surface area (Å²) in [5.74, 6) is -1.43. The van der Waals surface area contributed by atoms with Gasteiger partial charge in [-0.05, 0) is 19.3 Å². The first-order valence-electron chi connectivity index (χ1n) is 12.0. The summed E-state index contributed by atoms with van der Waals surface area (Å²) in [7, 11) is 0. The molecule has 0 rings (SSSR count). The molecule has 0 aromatic rings. The van der Waals surface area contributed by atoms with Crippen LogP contribution in [-0.2, 0) is 9.59 Å². The largest absolute Gasteiger partial charge is 0.481 e. The molecule has 0 fully saturated rings. The number of carboxylic acid groups (broad SMARTS) is 2. The van der Waals surface area contributed by atoms with Gasteiger partial charge in [-0.1, -0.05) is 110 Å². The lowest BCUT2D eigenvalue weighted by atomic mass is 9.98. The van der Waals surface area contributed by atoms with Gasteiger partial charge in [-0.2, -0.15) is 0 Å². The Labute approximate surface area is 173 Å². The van der Waals surface area contributed by atoms with Crippen molar-refractivity contribution >= 4 is 11.9 Å². The lowest BCUT2D eigenvalue weighted by Gasteiger charge is -2.08. The van der Waals surface area contributed by atoms with E-state index < -0.39 is 11.9 Å². The van der Waals surface area contributed by atoms with Crippen molar-refractivity contribution in [2.24, 2.45) is 5.92 Å². The number of hydrogen-bond acceptors (Lipinski definition) is 2. The number of unbranched alkanes of at least 4 members (excludes halogenated alkanes) is 16. The fourth-order valence-corrected chi connectivity index (χ4v) is 3.82. The summed E-state index contributed by atoms with van der Waals surface area (Å²) in [5, 5.41) is 17.6. The molecular formula is C24H46O4. The minimum atomic E-state index is -0.668. The van der Waals surface area contributed by atoms with Gasteiger partial charge in [0.05, 0.1) is 5.92 Å². The van der Waals surface area contributed by atoms with E-state index in [9.17, 15) is 9.59 Å². The van der Waals surface area contributed by atoms with Crippen LogP contribution in [0.5, 0.6) is 0 Å². The van der Waals surface area contributed by atoms with E-state index in [1.807, 2.05) is 6.92 Å². The standard InChI is InChI=1S/C24H46O4/c1-2-22(24(27)28)20-18-16-14-12-10-8-6-4-3-5-7-9-11-13-15-17-19-21-23(25)26/h22H,2-21H2,1H3,(H,25,26)(H,27,28). The highest BCUT2D eigenvalue weighted by molar-refractivity contribution is 5.69. The first-order chi connectivity index (χ1) is 13.6. The Bertz CT molecular complexity index is 368. The SMILES string of the molecule is CCC(CCCCCCCCCCCCCCCCCCCC(=O)O)C(=O)O. The van der Waals surface area contributed by atoms with Gasteiger partial charge in [0, 0.05) is 6.42 Å². The topological polar surface area (TPSA) is 74.6 Å². The molecule has 166 valence electrons. The van der Waals surface area contributed by atoms with Gasteiger partial charge in [-0.3, -0.25) is 9.59 Å². The smallest absolute Gasteiger partial charge is 0.306 e. The maximum Gasteiger partial charge on any atom is 0.306 e. The summed E-state index contributed by atoms with van der Waals surface area (Å²) in [5.41, 5.74) is 0. The van der Waals surface area contributed by atoms with Crippen molar-refractivity contribution in [2.45, 2.75) is 135 Å². The van der Waals surface area contributed by atoms with E-state index in [-0.39, 0.29) is 5.92 Å². The van der Waals surface area contributed by atoms with Gasteiger partial charge in [-0.15, -0.1) is 0 Å². The molecule has 0 aliphatic carbocycles. The Morgan fingerprint density at radius 1 is 0.571 bits per heavy atom. The average Bonchev–Trinajstić information content (AvgIpc) is 2.66. The Kier molecular flexibility index (Phi) is 19.9. The number of hydrogen-bond donors (Lipinski definition) is 2. The molecule has 28 heavy (non-hydrogen) atoms. The molecule has 4 heteroatoms. The maximum atomic E-state index is 10.9. The first kappa shape index (κ1) is 26.9. The Morgan fingerprint density at radius 2 is 0.893 bits per heavy atom. The predicted molar refractivity (Wildman–Crippen MR) is 117 cm³/mol. The Morgan fingerprint density at radius 3 is 1.18 bits per heavy atom. The molecule has 0 amide bonds. The van der Waals surface area contributed by atoms with Gasteiger partial charge >= 0.3 is 11.9 Å². The molecule has 0 saturated heterocycles. The summed E-state index contributed by atoms with van der Waals surface area (Å²) in [6, 6.07) is 0. The van der Waals surface area contributed by atoms with Gasteiger partial charge in [0.15, 0.2) is 0 Å². The van der Waals surface area contributed by atoms with Crippen molar-refractivity contribution in [3.8, 4) is 0 Å². The molecule has 4 nitrogen and oxygen atoms in total. The monoisotopic (exact) mass is 398 g/mol. The number of carboxylic acids is 2. The van der Waals surface area contributed by atoms with E-state index >= 15 is 0 Å². The third-order valence-corrected chi connectivity index (χ3v) is 5.79. The van der Waals surface area contributed by atoms with Gasteiger partial charge in [0.2, 0.25) is 0 Å². The second-order valence-electron chi connectivity index (χ2n) is 8.39. The second-order valence-corrected chi connectivity index (χ2v) is 8.39. The van der Waals surface area contributed by atoms with Crippen LogP contribution in [0.1, 0.15) is 135 Å². The van der Waals surface area contributed by atoms with E-state index in [0.717, 1.165) is 32.1 Å². The van der Waals surface area contributed by atoms with E-state index in [1.165, 1.54) is 89.9 Å². The fraction of sp³-hybridized carbons (Fsp3) is 0.917. The first-order valence-corrected chi connectivity index (χ1v) is 12.0. The van der Waals surface area contributed by atoms with Crippen molar-refractivity contribution in [1.29, 1.82) is 0 Å². The van der Waals surface area contributed by atoms with Crippen LogP contribution in [-0.4, -0.2) is 22.2 Å². The van der Waals surface area contributed by atoms with Gasteiger partial charge in [-0.25, -0.2) is 0 Å². The second kappa shape index (κ2) is 20.7. The van der Waals surface area contributed by atoms with Crippen LogP contribution < -0.4 is 0 Å². The zero-order valence-electron chi connectivity index (χ0n) is 18.4. The van der Waals surface area contributed by atoms with E-state index in [4.69, 9.17) is 10.2 Å². The average molecular weight is 399 g/mol. The summed E-state index contributed by atoms with van der Waals surface area (Å²) in [6.45, 7) is 1.96. The Balaban J connectivity index is 3.12. The lowest BCUT2D eigenvalue weighted by molar-refractivity contribution is -0.142. The van der Waals surface area contributed by atoms with Gasteiger partial charge < -0.3 is 10.2 Å². The van der Waals surface area contributed by atoms with Gasteiger partial charge in [0.1, 0.15) is 0 Å². The molecule has 0 aromatic carbocycles. The quantitative estimate of drug-likeness (QED) is 0.184. The molecule has 1 unspecified atom stereocenters. The molecule has 0 saturated carbocycles. The molecular weight excluding hydrogens is 352 g/mol.